The van der Waals surface area contributed by atoms with Gasteiger partial charge in [-0.3, -0.25) is 0 Å². The minimum absolute atomic E-state index is 1.17. The van der Waals surface area contributed by atoms with Crippen LogP contribution < -0.4 is 4.57 Å². The van der Waals surface area contributed by atoms with Gasteiger partial charge in [0.15, 0.2) is 11.0 Å². The summed E-state index contributed by atoms with van der Waals surface area (Å²) >= 11 is 0. The molecule has 2 aromatic rings. The maximum atomic E-state index is 2.58. The Morgan fingerprint density at radius 3 is 1.73 bits per heavy atom. The van der Waals surface area contributed by atoms with Crippen molar-refractivity contribution in [2.24, 2.45) is 0 Å². The maximum absolute atomic E-state index is 2.58. The second-order valence-corrected chi connectivity index (χ2v) is 9.29. The molecule has 0 aliphatic rings. The van der Waals surface area contributed by atoms with Gasteiger partial charge in [-0.25, -0.2) is 9.13 Å². The molecule has 0 aliphatic carbocycles. The van der Waals surface area contributed by atoms with Crippen LogP contribution in [0, 0.1) is 6.92 Å². The van der Waals surface area contributed by atoms with Crippen LogP contribution in [-0.4, -0.2) is 4.57 Å². The zero-order chi connectivity index (χ0) is 21.4. The van der Waals surface area contributed by atoms with E-state index in [1.165, 1.54) is 133 Å². The van der Waals surface area contributed by atoms with E-state index in [0.717, 1.165) is 0 Å². The average molecular weight is 414 g/mol. The first-order chi connectivity index (χ1) is 14.8. The molecule has 2 rings (SSSR count). The van der Waals surface area contributed by atoms with E-state index in [9.17, 15) is 0 Å². The predicted octanol–water partition coefficient (Wildman–Crippen LogP) is 8.52. The van der Waals surface area contributed by atoms with Gasteiger partial charge in [0.25, 0.3) is 5.82 Å². The molecule has 0 N–H and O–H groups in total. The van der Waals surface area contributed by atoms with E-state index in [-0.39, 0.29) is 0 Å². The first-order valence-electron chi connectivity index (χ1n) is 13.3. The van der Waals surface area contributed by atoms with Gasteiger partial charge in [-0.15, -0.1) is 0 Å². The number of aromatic nitrogens is 2. The number of benzene rings is 1. The Hall–Kier alpha value is -1.31. The Kier molecular flexibility index (Phi) is 12.9. The largest absolute Gasteiger partial charge is 0.254 e. The second kappa shape index (κ2) is 15.5. The highest BCUT2D eigenvalue weighted by Crippen LogP contribution is 2.17. The van der Waals surface area contributed by atoms with Gasteiger partial charge >= 0.3 is 0 Å². The number of unbranched alkanes of at least 4 members (excludes halogenated alkanes) is 14. The Labute approximate surface area is 187 Å². The molecular formula is C28H49N2+. The number of hydrogen-bond acceptors (Lipinski definition) is 0. The van der Waals surface area contributed by atoms with Gasteiger partial charge < -0.3 is 0 Å². The molecule has 0 unspecified atom stereocenters. The smallest absolute Gasteiger partial charge is 0.227 e. The van der Waals surface area contributed by atoms with Crippen molar-refractivity contribution in [2.45, 2.75) is 137 Å². The summed E-state index contributed by atoms with van der Waals surface area (Å²) in [5, 5.41) is 0. The van der Waals surface area contributed by atoms with Crippen LogP contribution in [0.25, 0.3) is 11.0 Å². The number of fused-ring (bicyclic) bond motifs is 1. The topological polar surface area (TPSA) is 8.81 Å². The van der Waals surface area contributed by atoms with Gasteiger partial charge in [-0.1, -0.05) is 103 Å². The summed E-state index contributed by atoms with van der Waals surface area (Å²) in [6.45, 7) is 9.27. The van der Waals surface area contributed by atoms with E-state index >= 15 is 0 Å². The highest BCUT2D eigenvalue weighted by atomic mass is 15.2. The minimum atomic E-state index is 1.17. The van der Waals surface area contributed by atoms with Crippen LogP contribution in [0.3, 0.4) is 0 Å². The van der Waals surface area contributed by atoms with E-state index in [4.69, 9.17) is 0 Å². The molecule has 1 aromatic heterocycles. The zero-order valence-corrected chi connectivity index (χ0v) is 20.4. The Morgan fingerprint density at radius 2 is 1.13 bits per heavy atom. The number of para-hydroxylation sites is 2. The van der Waals surface area contributed by atoms with Gasteiger partial charge in [0, 0.05) is 6.92 Å². The van der Waals surface area contributed by atoms with Crippen LogP contribution in [0.5, 0.6) is 0 Å². The van der Waals surface area contributed by atoms with Crippen LogP contribution in [-0.2, 0) is 13.1 Å². The van der Waals surface area contributed by atoms with Gasteiger partial charge in [0.2, 0.25) is 0 Å². The molecule has 0 amide bonds. The molecule has 0 radical (unpaired) electrons. The van der Waals surface area contributed by atoms with Gasteiger partial charge in [-0.05, 0) is 37.8 Å². The second-order valence-electron chi connectivity index (χ2n) is 9.29. The minimum Gasteiger partial charge on any atom is -0.227 e. The summed E-state index contributed by atoms with van der Waals surface area (Å²) in [5.41, 5.74) is 2.86. The monoisotopic (exact) mass is 413 g/mol. The first-order valence-corrected chi connectivity index (χ1v) is 13.3. The highest BCUT2D eigenvalue weighted by Gasteiger charge is 2.20. The first kappa shape index (κ1) is 25.0. The molecule has 0 aliphatic heterocycles. The van der Waals surface area contributed by atoms with Crippen molar-refractivity contribution in [1.29, 1.82) is 0 Å². The van der Waals surface area contributed by atoms with Gasteiger partial charge in [0.1, 0.15) is 0 Å². The van der Waals surface area contributed by atoms with Crippen molar-refractivity contribution in [3.63, 3.8) is 0 Å². The zero-order valence-electron chi connectivity index (χ0n) is 20.4. The lowest BCUT2D eigenvalue weighted by Gasteiger charge is -2.04. The quantitative estimate of drug-likeness (QED) is 0.171. The van der Waals surface area contributed by atoms with Crippen molar-refractivity contribution in [2.75, 3.05) is 0 Å². The molecule has 1 heterocycles. The molecular weight excluding hydrogens is 364 g/mol. The number of nitrogens with zero attached hydrogens (tertiary/aromatic N) is 2. The van der Waals surface area contributed by atoms with E-state index in [2.05, 4.69) is 54.2 Å². The predicted molar refractivity (Wildman–Crippen MR) is 132 cm³/mol. The molecule has 170 valence electrons. The van der Waals surface area contributed by atoms with Crippen molar-refractivity contribution in [1.82, 2.24) is 4.57 Å². The fraction of sp³-hybridized carbons (Fsp3) is 0.750. The summed E-state index contributed by atoms with van der Waals surface area (Å²) in [4.78, 5) is 0. The fourth-order valence-electron chi connectivity index (χ4n) is 4.79. The van der Waals surface area contributed by atoms with E-state index < -0.39 is 0 Å². The highest BCUT2D eigenvalue weighted by molar-refractivity contribution is 5.72. The average Bonchev–Trinajstić information content (AvgIpc) is 3.03. The summed E-state index contributed by atoms with van der Waals surface area (Å²) in [7, 11) is 0. The van der Waals surface area contributed by atoms with Crippen molar-refractivity contribution in [3.05, 3.63) is 30.1 Å². The maximum Gasteiger partial charge on any atom is 0.254 e. The third kappa shape index (κ3) is 8.44. The third-order valence-electron chi connectivity index (χ3n) is 6.72. The van der Waals surface area contributed by atoms with Crippen molar-refractivity contribution >= 4 is 11.0 Å². The summed E-state index contributed by atoms with van der Waals surface area (Å²) < 4.78 is 5.16. The molecule has 0 saturated heterocycles. The van der Waals surface area contributed by atoms with Crippen LogP contribution in [0.15, 0.2) is 24.3 Å². The Balaban J connectivity index is 1.79. The lowest BCUT2D eigenvalue weighted by Crippen LogP contribution is -2.36. The third-order valence-corrected chi connectivity index (χ3v) is 6.72. The SMILES string of the molecule is CCCCCCCCCCn1c(C)[n+](CCCCCCCCCC)c2ccccc21. The molecule has 0 saturated carbocycles. The summed E-state index contributed by atoms with van der Waals surface area (Å²) in [6.07, 6.45) is 22.2. The molecule has 2 nitrogen and oxygen atoms in total. The number of aryl methyl sites for hydroxylation is 2. The standard InChI is InChI=1S/C28H49N2/c1-4-6-8-10-12-14-16-20-24-29-26(3)30(28-23-19-18-22-27(28)29)25-21-17-15-13-11-9-7-5-2/h18-19,22-23H,4-17,20-21,24-25H2,1-3H3/q+1. The molecule has 2 heteroatoms. The molecule has 1 aromatic carbocycles. The molecule has 30 heavy (non-hydrogen) atoms. The van der Waals surface area contributed by atoms with Crippen LogP contribution in [0.1, 0.15) is 122 Å². The van der Waals surface area contributed by atoms with Crippen molar-refractivity contribution in [3.8, 4) is 0 Å². The van der Waals surface area contributed by atoms with E-state index in [0.29, 0.717) is 0 Å². The molecule has 0 fully saturated rings. The van der Waals surface area contributed by atoms with Crippen LogP contribution in [0.4, 0.5) is 0 Å². The van der Waals surface area contributed by atoms with Crippen LogP contribution in [0.2, 0.25) is 0 Å². The molecule has 0 atom stereocenters. The Bertz CT molecular complexity index is 628. The van der Waals surface area contributed by atoms with Crippen LogP contribution >= 0.6 is 0 Å². The number of imidazole rings is 1. The number of rotatable bonds is 18. The van der Waals surface area contributed by atoms with Gasteiger partial charge in [0.05, 0.1) is 13.1 Å². The van der Waals surface area contributed by atoms with Crippen molar-refractivity contribution < 1.29 is 4.57 Å². The van der Waals surface area contributed by atoms with E-state index in [1.54, 1.807) is 0 Å². The summed E-state index contributed by atoms with van der Waals surface area (Å²) in [6, 6.07) is 9.04. The number of hydrogen-bond donors (Lipinski definition) is 0. The lowest BCUT2D eigenvalue weighted by molar-refractivity contribution is -0.678. The molecule has 0 spiro atoms. The normalized spacial score (nSPS) is 11.6. The fourth-order valence-corrected chi connectivity index (χ4v) is 4.79. The van der Waals surface area contributed by atoms with Gasteiger partial charge in [-0.2, -0.15) is 0 Å². The van der Waals surface area contributed by atoms with E-state index in [1.807, 2.05) is 0 Å². The summed E-state index contributed by atoms with van der Waals surface area (Å²) in [5.74, 6) is 1.45. The molecule has 0 bridgehead atoms. The lowest BCUT2D eigenvalue weighted by atomic mass is 10.1. The Morgan fingerprint density at radius 1 is 0.633 bits per heavy atom.